The minimum absolute atomic E-state index is 0.0819. The van der Waals surface area contributed by atoms with Gasteiger partial charge in [0.05, 0.1) is 0 Å². The molecule has 0 aliphatic heterocycles. The van der Waals surface area contributed by atoms with Crippen LogP contribution in [0.25, 0.3) is 0 Å². The molecule has 0 heterocycles. The summed E-state index contributed by atoms with van der Waals surface area (Å²) in [6.07, 6.45) is 7.13. The highest BCUT2D eigenvalue weighted by atomic mass is 16.3. The Kier molecular flexibility index (Phi) is 8.04. The molecule has 4 N–H and O–H groups in total. The molecule has 1 aliphatic carbocycles. The zero-order valence-corrected chi connectivity index (χ0v) is 13.5. The first kappa shape index (κ1) is 18.2. The number of urea groups is 1. The highest BCUT2D eigenvalue weighted by Gasteiger charge is 2.24. The van der Waals surface area contributed by atoms with Crippen LogP contribution >= 0.6 is 0 Å². The van der Waals surface area contributed by atoms with Gasteiger partial charge in [-0.05, 0) is 31.1 Å². The van der Waals surface area contributed by atoms with Crippen molar-refractivity contribution >= 4 is 6.03 Å². The van der Waals surface area contributed by atoms with E-state index in [0.29, 0.717) is 6.54 Å². The van der Waals surface area contributed by atoms with Gasteiger partial charge in [-0.2, -0.15) is 0 Å². The molecule has 0 radical (unpaired) electrons. The van der Waals surface area contributed by atoms with Crippen molar-refractivity contribution in [3.63, 3.8) is 0 Å². The predicted octanol–water partition coefficient (Wildman–Crippen LogP) is 2.03. The van der Waals surface area contributed by atoms with Gasteiger partial charge < -0.3 is 20.8 Å². The third kappa shape index (κ3) is 7.14. The van der Waals surface area contributed by atoms with E-state index in [1.807, 2.05) is 13.8 Å². The number of carbonyl (C=O) groups is 1. The first-order valence-electron chi connectivity index (χ1n) is 8.24. The van der Waals surface area contributed by atoms with Crippen molar-refractivity contribution < 1.29 is 15.0 Å². The fraction of sp³-hybridized carbons (Fsp3) is 0.938. The standard InChI is InChI=1S/C16H32N2O3/c1-16(2,12-20)9-6-10-17-15(21)18-14-8-5-3-4-7-13(14)11-19/h13-14,19-20H,3-12H2,1-2H3,(H2,17,18,21). The molecule has 5 nitrogen and oxygen atoms in total. The molecule has 1 rings (SSSR count). The molecule has 21 heavy (non-hydrogen) atoms. The molecule has 1 aliphatic rings. The van der Waals surface area contributed by atoms with Crippen molar-refractivity contribution in [2.24, 2.45) is 11.3 Å². The normalized spacial score (nSPS) is 23.4. The number of amides is 2. The van der Waals surface area contributed by atoms with Gasteiger partial charge in [0, 0.05) is 31.7 Å². The van der Waals surface area contributed by atoms with Crippen LogP contribution in [0.2, 0.25) is 0 Å². The van der Waals surface area contributed by atoms with Crippen LogP contribution in [0.4, 0.5) is 4.79 Å². The van der Waals surface area contributed by atoms with E-state index in [-0.39, 0.29) is 36.6 Å². The molecule has 0 bridgehead atoms. The van der Waals surface area contributed by atoms with Gasteiger partial charge in [0.2, 0.25) is 0 Å². The monoisotopic (exact) mass is 300 g/mol. The fourth-order valence-electron chi connectivity index (χ4n) is 2.86. The fourth-order valence-corrected chi connectivity index (χ4v) is 2.86. The minimum atomic E-state index is -0.137. The Hall–Kier alpha value is -0.810. The largest absolute Gasteiger partial charge is 0.396 e. The number of aliphatic hydroxyl groups excluding tert-OH is 2. The second-order valence-corrected chi connectivity index (χ2v) is 7.01. The summed E-state index contributed by atoms with van der Waals surface area (Å²) in [4.78, 5) is 11.9. The lowest BCUT2D eigenvalue weighted by atomic mass is 9.89. The molecule has 0 spiro atoms. The van der Waals surface area contributed by atoms with Crippen LogP contribution in [0.5, 0.6) is 0 Å². The molecule has 1 fully saturated rings. The predicted molar refractivity (Wildman–Crippen MR) is 84.1 cm³/mol. The van der Waals surface area contributed by atoms with Gasteiger partial charge in [0.25, 0.3) is 0 Å². The van der Waals surface area contributed by atoms with Gasteiger partial charge in [0.1, 0.15) is 0 Å². The van der Waals surface area contributed by atoms with Crippen molar-refractivity contribution in [2.45, 2.75) is 64.8 Å². The van der Waals surface area contributed by atoms with Crippen molar-refractivity contribution in [1.82, 2.24) is 10.6 Å². The average Bonchev–Trinajstić information content (AvgIpc) is 2.68. The van der Waals surface area contributed by atoms with Crippen LogP contribution < -0.4 is 10.6 Å². The van der Waals surface area contributed by atoms with Gasteiger partial charge in [-0.15, -0.1) is 0 Å². The molecule has 2 amide bonds. The summed E-state index contributed by atoms with van der Waals surface area (Å²) in [6.45, 7) is 4.97. The Bertz CT molecular complexity index is 308. The molecule has 2 atom stereocenters. The number of rotatable bonds is 7. The Morgan fingerprint density at radius 2 is 1.90 bits per heavy atom. The van der Waals surface area contributed by atoms with Crippen molar-refractivity contribution in [3.8, 4) is 0 Å². The lowest BCUT2D eigenvalue weighted by Crippen LogP contribution is -2.46. The van der Waals surface area contributed by atoms with Crippen molar-refractivity contribution in [2.75, 3.05) is 19.8 Å². The summed E-state index contributed by atoms with van der Waals surface area (Å²) in [7, 11) is 0. The van der Waals surface area contributed by atoms with Crippen LogP contribution in [0.3, 0.4) is 0 Å². The molecule has 0 aromatic rings. The van der Waals surface area contributed by atoms with Crippen LogP contribution in [0, 0.1) is 11.3 Å². The van der Waals surface area contributed by atoms with Gasteiger partial charge in [-0.3, -0.25) is 0 Å². The van der Waals surface area contributed by atoms with E-state index in [0.717, 1.165) is 38.5 Å². The highest BCUT2D eigenvalue weighted by molar-refractivity contribution is 5.74. The molecular formula is C16H32N2O3. The Labute approximate surface area is 128 Å². The van der Waals surface area contributed by atoms with E-state index in [2.05, 4.69) is 10.6 Å². The first-order chi connectivity index (χ1) is 9.98. The summed E-state index contributed by atoms with van der Waals surface area (Å²) in [5.74, 6) is 0.187. The number of aliphatic hydroxyl groups is 2. The van der Waals surface area contributed by atoms with Gasteiger partial charge in [-0.1, -0.05) is 33.1 Å². The third-order valence-corrected chi connectivity index (χ3v) is 4.45. The smallest absolute Gasteiger partial charge is 0.315 e. The lowest BCUT2D eigenvalue weighted by molar-refractivity contribution is 0.147. The average molecular weight is 300 g/mol. The maximum absolute atomic E-state index is 11.9. The second kappa shape index (κ2) is 9.26. The number of hydrogen-bond acceptors (Lipinski definition) is 3. The maximum Gasteiger partial charge on any atom is 0.315 e. The molecule has 124 valence electrons. The van der Waals surface area contributed by atoms with Gasteiger partial charge >= 0.3 is 6.03 Å². The maximum atomic E-state index is 11.9. The molecule has 0 saturated heterocycles. The summed E-state index contributed by atoms with van der Waals surface area (Å²) in [5.41, 5.74) is -0.0819. The van der Waals surface area contributed by atoms with Gasteiger partial charge in [0.15, 0.2) is 0 Å². The topological polar surface area (TPSA) is 81.6 Å². The van der Waals surface area contributed by atoms with E-state index < -0.39 is 0 Å². The summed E-state index contributed by atoms with van der Waals surface area (Å²) in [6, 6.07) is -0.0477. The molecule has 5 heteroatoms. The minimum Gasteiger partial charge on any atom is -0.396 e. The van der Waals surface area contributed by atoms with E-state index in [1.54, 1.807) is 0 Å². The van der Waals surface area contributed by atoms with Crippen LogP contribution in [0.1, 0.15) is 58.8 Å². The van der Waals surface area contributed by atoms with Crippen molar-refractivity contribution in [1.29, 1.82) is 0 Å². The summed E-state index contributed by atoms with van der Waals surface area (Å²) < 4.78 is 0. The lowest BCUT2D eigenvalue weighted by Gasteiger charge is -2.25. The first-order valence-corrected chi connectivity index (χ1v) is 8.24. The third-order valence-electron chi connectivity index (χ3n) is 4.45. The summed E-state index contributed by atoms with van der Waals surface area (Å²) in [5, 5.41) is 24.5. The summed E-state index contributed by atoms with van der Waals surface area (Å²) >= 11 is 0. The molecular weight excluding hydrogens is 268 g/mol. The Morgan fingerprint density at radius 1 is 1.19 bits per heavy atom. The van der Waals surface area contributed by atoms with Gasteiger partial charge in [-0.25, -0.2) is 4.79 Å². The van der Waals surface area contributed by atoms with Crippen LogP contribution in [-0.2, 0) is 0 Å². The zero-order valence-electron chi connectivity index (χ0n) is 13.5. The second-order valence-electron chi connectivity index (χ2n) is 7.01. The highest BCUT2D eigenvalue weighted by Crippen LogP contribution is 2.23. The van der Waals surface area contributed by atoms with Crippen LogP contribution in [0.15, 0.2) is 0 Å². The molecule has 0 aromatic carbocycles. The Balaban J connectivity index is 2.25. The zero-order chi connectivity index (χ0) is 15.7. The molecule has 1 saturated carbocycles. The SMILES string of the molecule is CC(C)(CO)CCCNC(=O)NC1CCCCCC1CO. The number of carbonyl (C=O) groups excluding carboxylic acids is 1. The quantitative estimate of drug-likeness (QED) is 0.429. The van der Waals surface area contributed by atoms with E-state index in [1.165, 1.54) is 6.42 Å². The Morgan fingerprint density at radius 3 is 2.57 bits per heavy atom. The van der Waals surface area contributed by atoms with Crippen LogP contribution in [-0.4, -0.2) is 42.0 Å². The molecule has 0 aromatic heterocycles. The van der Waals surface area contributed by atoms with E-state index in [9.17, 15) is 15.0 Å². The van der Waals surface area contributed by atoms with E-state index in [4.69, 9.17) is 0 Å². The molecule has 2 unspecified atom stereocenters. The number of hydrogen-bond donors (Lipinski definition) is 4. The number of nitrogens with one attached hydrogen (secondary N) is 2. The van der Waals surface area contributed by atoms with E-state index >= 15 is 0 Å². The van der Waals surface area contributed by atoms with Crippen molar-refractivity contribution in [3.05, 3.63) is 0 Å².